The molecule has 0 saturated heterocycles. The fourth-order valence-corrected chi connectivity index (χ4v) is 2.33. The summed E-state index contributed by atoms with van der Waals surface area (Å²) in [6.45, 7) is 11.9. The van der Waals surface area contributed by atoms with Crippen LogP contribution in [0.5, 0.6) is 0 Å². The van der Waals surface area contributed by atoms with Crippen molar-refractivity contribution >= 4 is 28.6 Å². The molecule has 2 heterocycles. The van der Waals surface area contributed by atoms with E-state index in [0.717, 1.165) is 11.8 Å². The van der Waals surface area contributed by atoms with Crippen LogP contribution in [-0.2, 0) is 44.0 Å². The zero-order valence-corrected chi connectivity index (χ0v) is 19.4. The van der Waals surface area contributed by atoms with Crippen LogP contribution < -0.4 is 10.7 Å². The predicted molar refractivity (Wildman–Crippen MR) is 109 cm³/mol. The van der Waals surface area contributed by atoms with E-state index in [1.54, 1.807) is 30.3 Å². The third-order valence-electron chi connectivity index (χ3n) is 3.59. The summed E-state index contributed by atoms with van der Waals surface area (Å²) >= 11 is 5.81. The standard InChI is InChI=1S/C17H12ClN2O3.C4H8O.Y/c1-10-6-13-15(21)14(9-23-17(13)20-7-10)16(22)19-8-11-2-4-12(18)5-3-11;1-3-5-4-2;/h2-7,9H,1,8H2,(H,19,22);1-4H2;/q-1;-2;+3. The van der Waals surface area contributed by atoms with Crippen molar-refractivity contribution in [2.75, 3.05) is 13.2 Å². The first kappa shape index (κ1) is 25.3. The van der Waals surface area contributed by atoms with Gasteiger partial charge in [-0.2, -0.15) is 12.5 Å². The van der Waals surface area contributed by atoms with Gasteiger partial charge in [-0.05, 0) is 17.7 Å². The Kier molecular flexibility index (Phi) is 11.1. The van der Waals surface area contributed by atoms with Crippen molar-refractivity contribution in [1.29, 1.82) is 0 Å². The number of amides is 1. The first-order valence-corrected chi connectivity index (χ1v) is 8.76. The number of fused-ring (bicyclic) bond motifs is 1. The largest absolute Gasteiger partial charge is 3.00 e. The number of rotatable bonds is 5. The first-order chi connectivity index (χ1) is 13.5. The number of pyridine rings is 1. The maximum atomic E-state index is 12.4. The molecule has 0 spiro atoms. The molecule has 29 heavy (non-hydrogen) atoms. The Bertz CT molecular complexity index is 988. The Labute approximate surface area is 199 Å². The van der Waals surface area contributed by atoms with Crippen molar-refractivity contribution in [3.05, 3.63) is 95.5 Å². The molecule has 0 aliphatic rings. The molecular weight excluding hydrogens is 469 g/mol. The molecule has 6 nitrogen and oxygen atoms in total. The summed E-state index contributed by atoms with van der Waals surface area (Å²) in [5.74, 6) is -0.509. The van der Waals surface area contributed by atoms with Crippen LogP contribution in [0.2, 0.25) is 5.02 Å². The molecule has 3 rings (SSSR count). The van der Waals surface area contributed by atoms with Gasteiger partial charge in [0.1, 0.15) is 11.8 Å². The molecular formula is C21H20ClN2O4Y. The summed E-state index contributed by atoms with van der Waals surface area (Å²) < 4.78 is 9.86. The quantitative estimate of drug-likeness (QED) is 0.555. The minimum Gasteiger partial charge on any atom is -0.447 e. The molecule has 1 aromatic carbocycles. The Balaban J connectivity index is 0.000000628. The van der Waals surface area contributed by atoms with Crippen LogP contribution in [-0.4, -0.2) is 24.1 Å². The molecule has 0 radical (unpaired) electrons. The van der Waals surface area contributed by atoms with Crippen LogP contribution in [0.15, 0.2) is 52.0 Å². The molecule has 0 bridgehead atoms. The van der Waals surface area contributed by atoms with Crippen molar-refractivity contribution < 1.29 is 46.7 Å². The number of hydrogen-bond donors (Lipinski definition) is 1. The third-order valence-corrected chi connectivity index (χ3v) is 3.84. The number of carbonyl (C=O) groups is 1. The topological polar surface area (TPSA) is 81.4 Å². The van der Waals surface area contributed by atoms with Crippen LogP contribution in [0.25, 0.3) is 11.1 Å². The molecule has 0 fully saturated rings. The molecule has 8 heteroatoms. The van der Waals surface area contributed by atoms with Crippen LogP contribution >= 0.6 is 11.6 Å². The number of aromatic nitrogens is 1. The molecule has 2 aromatic heterocycles. The van der Waals surface area contributed by atoms with Gasteiger partial charge in [0.25, 0.3) is 5.91 Å². The van der Waals surface area contributed by atoms with E-state index in [4.69, 9.17) is 16.0 Å². The fraction of sp³-hybridized carbons (Fsp3) is 0.143. The van der Waals surface area contributed by atoms with Crippen molar-refractivity contribution in [1.82, 2.24) is 10.3 Å². The molecule has 0 saturated carbocycles. The average molecular weight is 489 g/mol. The molecule has 0 aliphatic heterocycles. The molecule has 0 unspecified atom stereocenters. The van der Waals surface area contributed by atoms with E-state index in [-0.39, 0.29) is 55.9 Å². The second kappa shape index (κ2) is 12.8. The smallest absolute Gasteiger partial charge is 0.447 e. The maximum Gasteiger partial charge on any atom is 3.00 e. The molecule has 1 N–H and O–H groups in total. The number of ether oxygens (including phenoxy) is 1. The molecule has 0 aliphatic carbocycles. The van der Waals surface area contributed by atoms with Gasteiger partial charge in [-0.3, -0.25) is 14.6 Å². The summed E-state index contributed by atoms with van der Waals surface area (Å²) in [5.41, 5.74) is 1.12. The number of nitrogens with zero attached hydrogens (tertiary/aromatic N) is 1. The van der Waals surface area contributed by atoms with E-state index in [0.29, 0.717) is 23.8 Å². The van der Waals surface area contributed by atoms with Gasteiger partial charge >= 0.3 is 32.7 Å². The zero-order chi connectivity index (χ0) is 20.5. The van der Waals surface area contributed by atoms with Crippen molar-refractivity contribution in [2.45, 2.75) is 6.54 Å². The maximum absolute atomic E-state index is 12.4. The van der Waals surface area contributed by atoms with Gasteiger partial charge in [0, 0.05) is 17.0 Å². The molecule has 148 valence electrons. The normalized spacial score (nSPS) is 9.90. The van der Waals surface area contributed by atoms with Crippen molar-refractivity contribution in [2.24, 2.45) is 0 Å². The molecule has 3 aromatic rings. The van der Waals surface area contributed by atoms with Crippen LogP contribution in [0.3, 0.4) is 0 Å². The van der Waals surface area contributed by atoms with Crippen LogP contribution in [0, 0.1) is 20.8 Å². The van der Waals surface area contributed by atoms with Crippen LogP contribution in [0.4, 0.5) is 0 Å². The van der Waals surface area contributed by atoms with Gasteiger partial charge in [0.2, 0.25) is 5.71 Å². The van der Waals surface area contributed by atoms with Crippen molar-refractivity contribution in [3.63, 3.8) is 0 Å². The number of halogens is 1. The Hall–Kier alpha value is -1.73. The van der Waals surface area contributed by atoms with Gasteiger partial charge in [0.15, 0.2) is 5.43 Å². The van der Waals surface area contributed by atoms with E-state index in [1.165, 1.54) is 6.20 Å². The summed E-state index contributed by atoms with van der Waals surface area (Å²) in [5, 5.41) is 3.53. The Morgan fingerprint density at radius 1 is 1.21 bits per heavy atom. The summed E-state index contributed by atoms with van der Waals surface area (Å²) in [6, 6.07) is 8.60. The average Bonchev–Trinajstić information content (AvgIpc) is 2.69. The van der Waals surface area contributed by atoms with Crippen molar-refractivity contribution in [3.8, 4) is 0 Å². The van der Waals surface area contributed by atoms with Gasteiger partial charge < -0.3 is 28.3 Å². The van der Waals surface area contributed by atoms with Gasteiger partial charge in [0.05, 0.1) is 0 Å². The zero-order valence-electron chi connectivity index (χ0n) is 15.8. The Morgan fingerprint density at radius 3 is 2.45 bits per heavy atom. The number of carbonyl (C=O) groups excluding carboxylic acids is 1. The first-order valence-electron chi connectivity index (χ1n) is 8.38. The van der Waals surface area contributed by atoms with Gasteiger partial charge in [-0.25, -0.2) is 0 Å². The summed E-state index contributed by atoms with van der Waals surface area (Å²) in [7, 11) is 0. The molecule has 1 amide bonds. The number of benzene rings is 1. The summed E-state index contributed by atoms with van der Waals surface area (Å²) in [4.78, 5) is 28.5. The van der Waals surface area contributed by atoms with E-state index in [9.17, 15) is 9.59 Å². The summed E-state index contributed by atoms with van der Waals surface area (Å²) in [6.07, 6.45) is 2.61. The van der Waals surface area contributed by atoms with Gasteiger partial charge in [-0.1, -0.05) is 43.1 Å². The number of hydrogen-bond acceptors (Lipinski definition) is 5. The monoisotopic (exact) mass is 488 g/mol. The second-order valence-electron chi connectivity index (χ2n) is 5.60. The number of nitrogens with one attached hydrogen (secondary N) is 1. The minimum atomic E-state index is -0.509. The van der Waals surface area contributed by atoms with Gasteiger partial charge in [-0.15, -0.1) is 6.07 Å². The van der Waals surface area contributed by atoms with E-state index in [2.05, 4.69) is 35.8 Å². The molecule has 0 atom stereocenters. The SMILES string of the molecule is [CH2-]COC[CH2-].[CH2-]c1cnc2occ(C(=O)NCc3ccc(Cl)cc3)c(=O)c2c1.[Y+3]. The minimum absolute atomic E-state index is 0. The fourth-order valence-electron chi connectivity index (χ4n) is 2.20. The van der Waals surface area contributed by atoms with E-state index in [1.807, 2.05) is 0 Å². The second-order valence-corrected chi connectivity index (χ2v) is 6.03. The van der Waals surface area contributed by atoms with Crippen LogP contribution in [0.1, 0.15) is 21.5 Å². The van der Waals surface area contributed by atoms with E-state index < -0.39 is 11.3 Å². The van der Waals surface area contributed by atoms with E-state index >= 15 is 0 Å². The Morgan fingerprint density at radius 2 is 1.86 bits per heavy atom. The third kappa shape index (κ3) is 7.55. The predicted octanol–water partition coefficient (Wildman–Crippen LogP) is 3.62.